The molecule has 3 rings (SSSR count). The van der Waals surface area contributed by atoms with Crippen molar-refractivity contribution in [1.82, 2.24) is 9.78 Å². The van der Waals surface area contributed by atoms with Crippen molar-refractivity contribution in [2.45, 2.75) is 6.54 Å². The zero-order valence-corrected chi connectivity index (χ0v) is 12.7. The van der Waals surface area contributed by atoms with Gasteiger partial charge in [-0.05, 0) is 46.3 Å². The van der Waals surface area contributed by atoms with Crippen LogP contribution < -0.4 is 5.32 Å². The van der Waals surface area contributed by atoms with Crippen LogP contribution in [0.1, 0.15) is 5.56 Å². The van der Waals surface area contributed by atoms with Gasteiger partial charge in [0.1, 0.15) is 5.82 Å². The van der Waals surface area contributed by atoms with E-state index in [4.69, 9.17) is 0 Å². The van der Waals surface area contributed by atoms with E-state index in [0.717, 1.165) is 16.9 Å². The second-order valence-corrected chi connectivity index (χ2v) is 5.46. The maximum atomic E-state index is 13.0. The fraction of sp³-hybridized carbons (Fsp3) is 0.0625. The molecule has 1 heterocycles. The van der Waals surface area contributed by atoms with Crippen molar-refractivity contribution in [3.05, 3.63) is 76.8 Å². The maximum absolute atomic E-state index is 13.0. The van der Waals surface area contributed by atoms with Crippen LogP contribution in [0.5, 0.6) is 0 Å². The summed E-state index contributed by atoms with van der Waals surface area (Å²) in [6.45, 7) is 0.622. The minimum absolute atomic E-state index is 0.260. The Labute approximate surface area is 130 Å². The summed E-state index contributed by atoms with van der Waals surface area (Å²) in [5.41, 5.74) is 2.92. The molecule has 0 unspecified atom stereocenters. The van der Waals surface area contributed by atoms with Crippen LogP contribution in [-0.4, -0.2) is 9.78 Å². The molecule has 3 nitrogen and oxygen atoms in total. The van der Waals surface area contributed by atoms with Gasteiger partial charge < -0.3 is 5.32 Å². The van der Waals surface area contributed by atoms with E-state index < -0.39 is 0 Å². The Hall–Kier alpha value is -2.14. The lowest BCUT2D eigenvalue weighted by molar-refractivity contribution is 0.627. The number of aromatic nitrogens is 2. The molecule has 0 atom stereocenters. The van der Waals surface area contributed by atoms with Crippen molar-refractivity contribution in [3.63, 3.8) is 0 Å². The van der Waals surface area contributed by atoms with E-state index in [2.05, 4.69) is 26.3 Å². The van der Waals surface area contributed by atoms with E-state index in [9.17, 15) is 4.39 Å². The van der Waals surface area contributed by atoms with Crippen LogP contribution in [0.2, 0.25) is 0 Å². The van der Waals surface area contributed by atoms with Crippen molar-refractivity contribution in [2.75, 3.05) is 5.32 Å². The lowest BCUT2D eigenvalue weighted by Crippen LogP contribution is -1.99. The van der Waals surface area contributed by atoms with Crippen LogP contribution >= 0.6 is 15.9 Å². The van der Waals surface area contributed by atoms with Crippen LogP contribution in [0.3, 0.4) is 0 Å². The lowest BCUT2D eigenvalue weighted by atomic mass is 10.3. The highest BCUT2D eigenvalue weighted by molar-refractivity contribution is 9.10. The van der Waals surface area contributed by atoms with E-state index in [0.29, 0.717) is 11.0 Å². The third kappa shape index (κ3) is 3.31. The second kappa shape index (κ2) is 6.10. The quantitative estimate of drug-likeness (QED) is 0.760. The predicted octanol–water partition coefficient (Wildman–Crippen LogP) is 4.39. The van der Waals surface area contributed by atoms with Crippen LogP contribution in [0.4, 0.5) is 10.1 Å². The van der Waals surface area contributed by atoms with Gasteiger partial charge in [-0.1, -0.05) is 18.2 Å². The van der Waals surface area contributed by atoms with E-state index >= 15 is 0 Å². The summed E-state index contributed by atoms with van der Waals surface area (Å²) in [5, 5.41) is 7.59. The first kappa shape index (κ1) is 13.8. The lowest BCUT2D eigenvalue weighted by Gasteiger charge is -2.07. The highest BCUT2D eigenvalue weighted by atomic mass is 79.9. The van der Waals surface area contributed by atoms with Crippen LogP contribution in [0, 0.1) is 5.82 Å². The maximum Gasteiger partial charge on any atom is 0.124 e. The van der Waals surface area contributed by atoms with Crippen molar-refractivity contribution in [2.24, 2.45) is 0 Å². The molecule has 0 saturated carbocycles. The van der Waals surface area contributed by atoms with Gasteiger partial charge in [0.25, 0.3) is 0 Å². The molecule has 0 fully saturated rings. The Kier molecular flexibility index (Phi) is 4.01. The summed E-state index contributed by atoms with van der Waals surface area (Å²) in [4.78, 5) is 0. The molecular weight excluding hydrogens is 333 g/mol. The molecule has 0 radical (unpaired) electrons. The SMILES string of the molecule is Fc1ccc(NCc2cnn(-c3ccccc3)c2)c(Br)c1. The molecule has 0 aliphatic carbocycles. The second-order valence-electron chi connectivity index (χ2n) is 4.61. The number of hydrogen-bond acceptors (Lipinski definition) is 2. The molecule has 1 aromatic heterocycles. The average Bonchev–Trinajstić information content (AvgIpc) is 2.96. The molecule has 106 valence electrons. The van der Waals surface area contributed by atoms with Gasteiger partial charge in [0.2, 0.25) is 0 Å². The molecular formula is C16H13BrFN3. The molecule has 0 bridgehead atoms. The zero-order valence-electron chi connectivity index (χ0n) is 11.1. The van der Waals surface area contributed by atoms with Gasteiger partial charge in [0, 0.05) is 28.5 Å². The normalized spacial score (nSPS) is 10.6. The summed E-state index contributed by atoms with van der Waals surface area (Å²) >= 11 is 3.34. The summed E-state index contributed by atoms with van der Waals surface area (Å²) < 4.78 is 15.6. The number of halogens is 2. The molecule has 0 spiro atoms. The number of hydrogen-bond donors (Lipinski definition) is 1. The summed E-state index contributed by atoms with van der Waals surface area (Å²) in [7, 11) is 0. The first-order valence-corrected chi connectivity index (χ1v) is 7.29. The Morgan fingerprint density at radius 3 is 2.71 bits per heavy atom. The van der Waals surface area contributed by atoms with Crippen molar-refractivity contribution in [1.29, 1.82) is 0 Å². The third-order valence-corrected chi connectivity index (χ3v) is 3.73. The number of para-hydroxylation sites is 1. The van der Waals surface area contributed by atoms with Crippen molar-refractivity contribution >= 4 is 21.6 Å². The molecule has 21 heavy (non-hydrogen) atoms. The number of benzene rings is 2. The Balaban J connectivity index is 1.70. The summed E-state index contributed by atoms with van der Waals surface area (Å²) in [6.07, 6.45) is 3.79. The number of rotatable bonds is 4. The number of anilines is 1. The van der Waals surface area contributed by atoms with E-state index in [1.165, 1.54) is 12.1 Å². The Morgan fingerprint density at radius 1 is 1.14 bits per heavy atom. The van der Waals surface area contributed by atoms with Gasteiger partial charge in [0.15, 0.2) is 0 Å². The fourth-order valence-electron chi connectivity index (χ4n) is 2.00. The standard InChI is InChI=1S/C16H13BrFN3/c17-15-8-13(18)6-7-16(15)19-9-12-10-20-21(11-12)14-4-2-1-3-5-14/h1-8,10-11,19H,9H2. The molecule has 0 amide bonds. The third-order valence-electron chi connectivity index (χ3n) is 3.07. The van der Waals surface area contributed by atoms with Gasteiger partial charge >= 0.3 is 0 Å². The molecule has 1 N–H and O–H groups in total. The van der Waals surface area contributed by atoms with E-state index in [-0.39, 0.29) is 5.82 Å². The topological polar surface area (TPSA) is 29.9 Å². The zero-order chi connectivity index (χ0) is 14.7. The van der Waals surface area contributed by atoms with Gasteiger partial charge in [0.05, 0.1) is 11.9 Å². The number of nitrogens with one attached hydrogen (secondary N) is 1. The molecule has 5 heteroatoms. The number of nitrogens with zero attached hydrogens (tertiary/aromatic N) is 2. The molecule has 2 aromatic carbocycles. The van der Waals surface area contributed by atoms with Gasteiger partial charge in [-0.3, -0.25) is 0 Å². The summed E-state index contributed by atoms with van der Waals surface area (Å²) in [5.74, 6) is -0.260. The first-order valence-electron chi connectivity index (χ1n) is 6.50. The fourth-order valence-corrected chi connectivity index (χ4v) is 2.49. The van der Waals surface area contributed by atoms with E-state index in [1.54, 1.807) is 6.07 Å². The Morgan fingerprint density at radius 2 is 1.95 bits per heavy atom. The van der Waals surface area contributed by atoms with Gasteiger partial charge in [-0.25, -0.2) is 9.07 Å². The predicted molar refractivity (Wildman–Crippen MR) is 85.0 cm³/mol. The van der Waals surface area contributed by atoms with Crippen LogP contribution in [0.15, 0.2) is 65.4 Å². The smallest absolute Gasteiger partial charge is 0.124 e. The highest BCUT2D eigenvalue weighted by Crippen LogP contribution is 2.23. The monoisotopic (exact) mass is 345 g/mol. The minimum Gasteiger partial charge on any atom is -0.380 e. The molecule has 3 aromatic rings. The van der Waals surface area contributed by atoms with Gasteiger partial charge in [-0.2, -0.15) is 5.10 Å². The van der Waals surface area contributed by atoms with Crippen LogP contribution in [0.25, 0.3) is 5.69 Å². The first-order chi connectivity index (χ1) is 10.2. The Bertz CT molecular complexity index is 740. The highest BCUT2D eigenvalue weighted by Gasteiger charge is 2.03. The minimum atomic E-state index is -0.260. The molecule has 0 aliphatic rings. The molecule has 0 saturated heterocycles. The van der Waals surface area contributed by atoms with Crippen molar-refractivity contribution < 1.29 is 4.39 Å². The van der Waals surface area contributed by atoms with Crippen LogP contribution in [-0.2, 0) is 6.54 Å². The summed E-state index contributed by atoms with van der Waals surface area (Å²) in [6, 6.07) is 14.5. The largest absolute Gasteiger partial charge is 0.380 e. The van der Waals surface area contributed by atoms with E-state index in [1.807, 2.05) is 47.4 Å². The van der Waals surface area contributed by atoms with Gasteiger partial charge in [-0.15, -0.1) is 0 Å². The van der Waals surface area contributed by atoms with Crippen molar-refractivity contribution in [3.8, 4) is 5.69 Å². The average molecular weight is 346 g/mol. The molecule has 0 aliphatic heterocycles.